The Bertz CT molecular complexity index is 801. The Morgan fingerprint density at radius 3 is 2.59 bits per heavy atom. The lowest BCUT2D eigenvalue weighted by Crippen LogP contribution is -2.35. The first-order valence-electron chi connectivity index (χ1n) is 9.52. The van der Waals surface area contributed by atoms with E-state index in [0.29, 0.717) is 5.56 Å². The van der Waals surface area contributed by atoms with Crippen molar-refractivity contribution >= 4 is 17.5 Å². The van der Waals surface area contributed by atoms with Crippen molar-refractivity contribution in [1.82, 2.24) is 10.2 Å². The van der Waals surface area contributed by atoms with E-state index in [2.05, 4.69) is 28.5 Å². The van der Waals surface area contributed by atoms with Gasteiger partial charge in [-0.05, 0) is 48.2 Å². The molecule has 0 saturated carbocycles. The van der Waals surface area contributed by atoms with Crippen LogP contribution >= 0.6 is 0 Å². The number of aryl methyl sites for hydroxylation is 1. The van der Waals surface area contributed by atoms with E-state index in [9.17, 15) is 9.59 Å². The van der Waals surface area contributed by atoms with Crippen LogP contribution < -0.4 is 10.6 Å². The lowest BCUT2D eigenvalue weighted by molar-refractivity contribution is -0.119. The minimum absolute atomic E-state index is 0.0293. The maximum absolute atomic E-state index is 12.5. The summed E-state index contributed by atoms with van der Waals surface area (Å²) in [4.78, 5) is 25.9. The number of carbonyl (C=O) groups is 2. The second kappa shape index (κ2) is 8.82. The number of anilines is 1. The van der Waals surface area contributed by atoms with Gasteiger partial charge in [-0.2, -0.15) is 0 Å². The number of hydrogen-bond acceptors (Lipinski definition) is 3. The molecule has 0 unspecified atom stereocenters. The number of nitrogens with zero attached hydrogens (tertiary/aromatic N) is 1. The Labute approximate surface area is 160 Å². The predicted molar refractivity (Wildman–Crippen MR) is 108 cm³/mol. The lowest BCUT2D eigenvalue weighted by Gasteiger charge is -2.16. The average molecular weight is 365 g/mol. The zero-order chi connectivity index (χ0) is 19.2. The molecule has 1 saturated heterocycles. The van der Waals surface area contributed by atoms with Crippen LogP contribution in [0.25, 0.3) is 0 Å². The first kappa shape index (κ1) is 19.1. The van der Waals surface area contributed by atoms with Crippen molar-refractivity contribution in [3.05, 3.63) is 65.2 Å². The number of carbonyl (C=O) groups excluding carboxylic acids is 2. The Hall–Kier alpha value is -2.66. The number of likely N-dealkylation sites (tertiary alicyclic amines) is 1. The summed E-state index contributed by atoms with van der Waals surface area (Å²) in [5.41, 5.74) is 3.84. The molecule has 0 aromatic heterocycles. The second-order valence-corrected chi connectivity index (χ2v) is 7.13. The third-order valence-electron chi connectivity index (χ3n) is 4.90. The fourth-order valence-electron chi connectivity index (χ4n) is 3.47. The lowest BCUT2D eigenvalue weighted by atomic mass is 10.1. The molecule has 2 aromatic rings. The van der Waals surface area contributed by atoms with E-state index in [1.54, 1.807) is 6.92 Å². The summed E-state index contributed by atoms with van der Waals surface area (Å²) in [7, 11) is 0. The molecule has 2 aromatic carbocycles. The smallest absolute Gasteiger partial charge is 0.255 e. The quantitative estimate of drug-likeness (QED) is 0.826. The third kappa shape index (κ3) is 5.41. The van der Waals surface area contributed by atoms with Crippen LogP contribution in [0.2, 0.25) is 0 Å². The topological polar surface area (TPSA) is 61.4 Å². The van der Waals surface area contributed by atoms with Gasteiger partial charge in [0, 0.05) is 43.9 Å². The molecular formula is C22H27N3O2. The first-order chi connectivity index (χ1) is 13.0. The second-order valence-electron chi connectivity index (χ2n) is 7.13. The molecule has 2 amide bonds. The predicted octanol–water partition coefficient (Wildman–Crippen LogP) is 3.21. The van der Waals surface area contributed by atoms with Crippen LogP contribution in [0.5, 0.6) is 0 Å². The molecule has 5 heteroatoms. The van der Waals surface area contributed by atoms with E-state index in [-0.39, 0.29) is 17.9 Å². The van der Waals surface area contributed by atoms with Crippen molar-refractivity contribution < 1.29 is 9.59 Å². The SMILES string of the molecule is CCc1cccc(NC(=O)c2ccc(CN3CC[C@H](NC(C)=O)C3)cc2)c1. The molecular weight excluding hydrogens is 338 g/mol. The molecule has 5 nitrogen and oxygen atoms in total. The summed E-state index contributed by atoms with van der Waals surface area (Å²) in [6.07, 6.45) is 1.93. The van der Waals surface area contributed by atoms with Crippen LogP contribution in [-0.2, 0) is 17.8 Å². The molecule has 1 atom stereocenters. The van der Waals surface area contributed by atoms with Crippen LogP contribution in [0, 0.1) is 0 Å². The van der Waals surface area contributed by atoms with Crippen molar-refractivity contribution in [3.63, 3.8) is 0 Å². The van der Waals surface area contributed by atoms with Crippen LogP contribution in [-0.4, -0.2) is 35.8 Å². The van der Waals surface area contributed by atoms with Gasteiger partial charge in [0.05, 0.1) is 0 Å². The molecule has 1 aliphatic rings. The highest BCUT2D eigenvalue weighted by atomic mass is 16.2. The van der Waals surface area contributed by atoms with E-state index in [1.165, 1.54) is 11.1 Å². The summed E-state index contributed by atoms with van der Waals surface area (Å²) in [5, 5.41) is 5.94. The van der Waals surface area contributed by atoms with E-state index in [4.69, 9.17) is 0 Å². The zero-order valence-electron chi connectivity index (χ0n) is 16.0. The summed E-state index contributed by atoms with van der Waals surface area (Å²) >= 11 is 0. The van der Waals surface area contributed by atoms with Gasteiger partial charge in [-0.3, -0.25) is 14.5 Å². The van der Waals surface area contributed by atoms with Crippen molar-refractivity contribution in [2.45, 2.75) is 39.3 Å². The van der Waals surface area contributed by atoms with Crippen molar-refractivity contribution in [2.24, 2.45) is 0 Å². The molecule has 0 aliphatic carbocycles. The molecule has 0 radical (unpaired) electrons. The number of amides is 2. The monoisotopic (exact) mass is 365 g/mol. The Morgan fingerprint density at radius 1 is 1.11 bits per heavy atom. The van der Waals surface area contributed by atoms with Gasteiger partial charge in [-0.15, -0.1) is 0 Å². The van der Waals surface area contributed by atoms with Gasteiger partial charge in [0.25, 0.3) is 5.91 Å². The summed E-state index contributed by atoms with van der Waals surface area (Å²) < 4.78 is 0. The van der Waals surface area contributed by atoms with E-state index in [1.807, 2.05) is 42.5 Å². The van der Waals surface area contributed by atoms with Crippen LogP contribution in [0.4, 0.5) is 5.69 Å². The van der Waals surface area contributed by atoms with Gasteiger partial charge in [-0.25, -0.2) is 0 Å². The maximum Gasteiger partial charge on any atom is 0.255 e. The Morgan fingerprint density at radius 2 is 1.89 bits per heavy atom. The zero-order valence-corrected chi connectivity index (χ0v) is 16.0. The summed E-state index contributed by atoms with van der Waals surface area (Å²) in [6, 6.07) is 15.9. The Kier molecular flexibility index (Phi) is 6.24. The van der Waals surface area contributed by atoms with Crippen molar-refractivity contribution in [3.8, 4) is 0 Å². The molecule has 142 valence electrons. The van der Waals surface area contributed by atoms with Gasteiger partial charge < -0.3 is 10.6 Å². The highest BCUT2D eigenvalue weighted by Gasteiger charge is 2.22. The molecule has 0 spiro atoms. The van der Waals surface area contributed by atoms with E-state index < -0.39 is 0 Å². The minimum atomic E-state index is -0.0957. The molecule has 1 heterocycles. The number of rotatable bonds is 6. The van der Waals surface area contributed by atoms with Gasteiger partial charge in [0.15, 0.2) is 0 Å². The fourth-order valence-corrected chi connectivity index (χ4v) is 3.47. The van der Waals surface area contributed by atoms with E-state index in [0.717, 1.165) is 38.2 Å². The van der Waals surface area contributed by atoms with E-state index >= 15 is 0 Å². The van der Waals surface area contributed by atoms with Crippen LogP contribution in [0.15, 0.2) is 48.5 Å². The van der Waals surface area contributed by atoms with Crippen LogP contribution in [0.3, 0.4) is 0 Å². The third-order valence-corrected chi connectivity index (χ3v) is 4.90. The highest BCUT2D eigenvalue weighted by Crippen LogP contribution is 2.16. The van der Waals surface area contributed by atoms with Crippen molar-refractivity contribution in [2.75, 3.05) is 18.4 Å². The fraction of sp³-hybridized carbons (Fsp3) is 0.364. The molecule has 0 bridgehead atoms. The van der Waals surface area contributed by atoms with Gasteiger partial charge in [-0.1, -0.05) is 31.2 Å². The minimum Gasteiger partial charge on any atom is -0.352 e. The van der Waals surface area contributed by atoms with Gasteiger partial charge in [0.1, 0.15) is 0 Å². The van der Waals surface area contributed by atoms with Crippen LogP contribution in [0.1, 0.15) is 41.8 Å². The molecule has 2 N–H and O–H groups in total. The number of benzene rings is 2. The summed E-state index contributed by atoms with van der Waals surface area (Å²) in [5.74, 6) is -0.0663. The highest BCUT2D eigenvalue weighted by molar-refractivity contribution is 6.04. The standard InChI is InChI=1S/C22H27N3O2/c1-3-17-5-4-6-20(13-17)24-22(27)19-9-7-18(8-10-19)14-25-12-11-21(15-25)23-16(2)26/h4-10,13,21H,3,11-12,14-15H2,1-2H3,(H,23,26)(H,24,27)/t21-/m0/s1. The molecule has 3 rings (SSSR count). The number of hydrogen-bond donors (Lipinski definition) is 2. The maximum atomic E-state index is 12.5. The Balaban J connectivity index is 1.55. The molecule has 1 aliphatic heterocycles. The molecule has 27 heavy (non-hydrogen) atoms. The van der Waals surface area contributed by atoms with Gasteiger partial charge >= 0.3 is 0 Å². The summed E-state index contributed by atoms with van der Waals surface area (Å²) in [6.45, 7) is 6.33. The first-order valence-corrected chi connectivity index (χ1v) is 9.52. The average Bonchev–Trinajstić information content (AvgIpc) is 3.08. The van der Waals surface area contributed by atoms with Crippen molar-refractivity contribution in [1.29, 1.82) is 0 Å². The number of nitrogens with one attached hydrogen (secondary N) is 2. The molecule has 1 fully saturated rings. The normalized spacial score (nSPS) is 16.9. The largest absolute Gasteiger partial charge is 0.352 e. The van der Waals surface area contributed by atoms with Gasteiger partial charge in [0.2, 0.25) is 5.91 Å².